The summed E-state index contributed by atoms with van der Waals surface area (Å²) in [5.74, 6) is -0.125. The number of aliphatic hydroxyl groups is 1. The molecule has 5 heteroatoms. The molecule has 0 aliphatic rings. The van der Waals surface area contributed by atoms with E-state index in [0.29, 0.717) is 17.7 Å². The maximum atomic E-state index is 12.1. The highest BCUT2D eigenvalue weighted by atomic mass is 16.3. The summed E-state index contributed by atoms with van der Waals surface area (Å²) in [6.07, 6.45) is 0.915. The largest absolute Gasteiger partial charge is 0.392 e. The van der Waals surface area contributed by atoms with Crippen LogP contribution in [0.4, 0.5) is 0 Å². The second-order valence-corrected chi connectivity index (χ2v) is 6.25. The van der Waals surface area contributed by atoms with Crippen LogP contribution in [0.5, 0.6) is 0 Å². The summed E-state index contributed by atoms with van der Waals surface area (Å²) in [6, 6.07) is 1.39. The molecule has 0 saturated heterocycles. The van der Waals surface area contributed by atoms with Crippen LogP contribution >= 0.6 is 0 Å². The van der Waals surface area contributed by atoms with E-state index >= 15 is 0 Å². The van der Waals surface area contributed by atoms with Crippen molar-refractivity contribution < 1.29 is 9.90 Å². The van der Waals surface area contributed by atoms with E-state index in [1.54, 1.807) is 6.92 Å². The number of aliphatic hydroxyl groups excluding tert-OH is 1. The molecule has 0 bridgehead atoms. The predicted octanol–water partition coefficient (Wildman–Crippen LogP) is 1.46. The number of aromatic nitrogens is 1. The van der Waals surface area contributed by atoms with Crippen molar-refractivity contribution in [2.24, 2.45) is 11.3 Å². The first-order valence-corrected chi connectivity index (χ1v) is 6.80. The third-order valence-corrected chi connectivity index (χ3v) is 3.51. The molecule has 1 amide bonds. The third-order valence-electron chi connectivity index (χ3n) is 3.51. The predicted molar refractivity (Wildman–Crippen MR) is 78.8 cm³/mol. The molecule has 5 nitrogen and oxygen atoms in total. The first-order valence-electron chi connectivity index (χ1n) is 6.80. The molecule has 1 aromatic heterocycles. The Kier molecular flexibility index (Phi) is 5.11. The maximum absolute atomic E-state index is 12.1. The van der Waals surface area contributed by atoms with E-state index in [1.165, 1.54) is 12.3 Å². The summed E-state index contributed by atoms with van der Waals surface area (Å²) >= 11 is 0. The first-order chi connectivity index (χ1) is 9.15. The number of carbonyl (C=O) groups is 1. The standard InChI is InChI=1S/C15H24N2O3/c1-9(2)13(19)15(4,5)8-17-14(20)11-7-16-12(18)6-10(11)3/h6-7,9,13,19H,8H2,1-5H3,(H,16,18)(H,17,20). The Labute approximate surface area is 119 Å². The van der Waals surface area contributed by atoms with Crippen molar-refractivity contribution in [2.75, 3.05) is 6.54 Å². The number of amides is 1. The van der Waals surface area contributed by atoms with Gasteiger partial charge in [0.05, 0.1) is 11.7 Å². The Balaban J connectivity index is 2.75. The van der Waals surface area contributed by atoms with Gasteiger partial charge in [0, 0.05) is 24.2 Å². The fourth-order valence-corrected chi connectivity index (χ4v) is 2.23. The van der Waals surface area contributed by atoms with Gasteiger partial charge in [0.1, 0.15) is 0 Å². The number of aryl methyl sites for hydroxylation is 1. The maximum Gasteiger partial charge on any atom is 0.253 e. The van der Waals surface area contributed by atoms with Gasteiger partial charge < -0.3 is 15.4 Å². The van der Waals surface area contributed by atoms with Crippen LogP contribution in [-0.4, -0.2) is 28.6 Å². The fourth-order valence-electron chi connectivity index (χ4n) is 2.23. The van der Waals surface area contributed by atoms with Crippen LogP contribution < -0.4 is 10.9 Å². The average Bonchev–Trinajstić information content (AvgIpc) is 2.35. The lowest BCUT2D eigenvalue weighted by Gasteiger charge is -2.33. The zero-order chi connectivity index (χ0) is 15.5. The number of rotatable bonds is 5. The van der Waals surface area contributed by atoms with Crippen molar-refractivity contribution in [3.05, 3.63) is 33.7 Å². The molecule has 20 heavy (non-hydrogen) atoms. The van der Waals surface area contributed by atoms with Gasteiger partial charge in [-0.2, -0.15) is 0 Å². The van der Waals surface area contributed by atoms with Gasteiger partial charge in [-0.05, 0) is 18.4 Å². The van der Waals surface area contributed by atoms with Crippen LogP contribution in [-0.2, 0) is 0 Å². The molecule has 0 aromatic carbocycles. The monoisotopic (exact) mass is 280 g/mol. The quantitative estimate of drug-likeness (QED) is 0.763. The van der Waals surface area contributed by atoms with Crippen molar-refractivity contribution >= 4 is 5.91 Å². The van der Waals surface area contributed by atoms with Crippen LogP contribution in [0.15, 0.2) is 17.1 Å². The molecule has 0 spiro atoms. The van der Waals surface area contributed by atoms with Crippen LogP contribution in [0.25, 0.3) is 0 Å². The molecule has 1 aromatic rings. The van der Waals surface area contributed by atoms with E-state index < -0.39 is 11.5 Å². The van der Waals surface area contributed by atoms with Gasteiger partial charge >= 0.3 is 0 Å². The minimum absolute atomic E-state index is 0.122. The van der Waals surface area contributed by atoms with E-state index in [-0.39, 0.29) is 17.4 Å². The summed E-state index contributed by atoms with van der Waals surface area (Å²) in [4.78, 5) is 25.7. The Morgan fingerprint density at radius 2 is 2.05 bits per heavy atom. The highest BCUT2D eigenvalue weighted by Crippen LogP contribution is 2.25. The van der Waals surface area contributed by atoms with Gasteiger partial charge in [0.15, 0.2) is 0 Å². The SMILES string of the molecule is Cc1cc(=O)[nH]cc1C(=O)NCC(C)(C)C(O)C(C)C. The van der Waals surface area contributed by atoms with Crippen molar-refractivity contribution in [3.8, 4) is 0 Å². The lowest BCUT2D eigenvalue weighted by Crippen LogP contribution is -2.43. The highest BCUT2D eigenvalue weighted by molar-refractivity contribution is 5.95. The Hall–Kier alpha value is -1.62. The summed E-state index contributed by atoms with van der Waals surface area (Å²) in [7, 11) is 0. The van der Waals surface area contributed by atoms with Crippen LogP contribution in [0.3, 0.4) is 0 Å². The van der Waals surface area contributed by atoms with Crippen LogP contribution in [0.2, 0.25) is 0 Å². The zero-order valence-corrected chi connectivity index (χ0v) is 12.8. The van der Waals surface area contributed by atoms with Gasteiger partial charge in [0.2, 0.25) is 5.56 Å². The van der Waals surface area contributed by atoms with Crippen LogP contribution in [0, 0.1) is 18.3 Å². The number of nitrogens with one attached hydrogen (secondary N) is 2. The Bertz CT molecular complexity index is 532. The highest BCUT2D eigenvalue weighted by Gasteiger charge is 2.30. The van der Waals surface area contributed by atoms with Gasteiger partial charge in [0.25, 0.3) is 5.91 Å². The fraction of sp³-hybridized carbons (Fsp3) is 0.600. The third kappa shape index (κ3) is 3.93. The molecule has 0 fully saturated rings. The van der Waals surface area contributed by atoms with Crippen molar-refractivity contribution in [1.29, 1.82) is 0 Å². The number of aromatic amines is 1. The molecule has 1 atom stereocenters. The molecule has 3 N–H and O–H groups in total. The number of H-pyrrole nitrogens is 1. The van der Waals surface area contributed by atoms with Crippen LogP contribution in [0.1, 0.15) is 43.6 Å². The topological polar surface area (TPSA) is 82.2 Å². The average molecular weight is 280 g/mol. The normalized spacial score (nSPS) is 13.3. The van der Waals surface area contributed by atoms with E-state index in [4.69, 9.17) is 0 Å². The molecule has 0 aliphatic carbocycles. The van der Waals surface area contributed by atoms with Crippen molar-refractivity contribution in [3.63, 3.8) is 0 Å². The molecule has 112 valence electrons. The van der Waals surface area contributed by atoms with E-state index in [0.717, 1.165) is 0 Å². The van der Waals surface area contributed by atoms with E-state index in [2.05, 4.69) is 10.3 Å². The zero-order valence-electron chi connectivity index (χ0n) is 12.8. The molecule has 1 rings (SSSR count). The molecule has 1 heterocycles. The molecule has 0 saturated carbocycles. The summed E-state index contributed by atoms with van der Waals surface area (Å²) < 4.78 is 0. The lowest BCUT2D eigenvalue weighted by molar-refractivity contribution is 0.0138. The molecule has 0 aliphatic heterocycles. The van der Waals surface area contributed by atoms with E-state index in [9.17, 15) is 14.7 Å². The molecule has 1 unspecified atom stereocenters. The van der Waals surface area contributed by atoms with Gasteiger partial charge in [-0.1, -0.05) is 27.7 Å². The number of hydrogen-bond donors (Lipinski definition) is 3. The van der Waals surface area contributed by atoms with Gasteiger partial charge in [-0.25, -0.2) is 0 Å². The van der Waals surface area contributed by atoms with Gasteiger partial charge in [-0.15, -0.1) is 0 Å². The molecular formula is C15H24N2O3. The minimum Gasteiger partial charge on any atom is -0.392 e. The van der Waals surface area contributed by atoms with E-state index in [1.807, 2.05) is 27.7 Å². The minimum atomic E-state index is -0.500. The second-order valence-electron chi connectivity index (χ2n) is 6.25. The molecule has 0 radical (unpaired) electrons. The number of carbonyl (C=O) groups excluding carboxylic acids is 1. The first kappa shape index (κ1) is 16.4. The lowest BCUT2D eigenvalue weighted by atomic mass is 9.80. The smallest absolute Gasteiger partial charge is 0.253 e. The Morgan fingerprint density at radius 3 is 2.55 bits per heavy atom. The number of hydrogen-bond acceptors (Lipinski definition) is 3. The molecular weight excluding hydrogens is 256 g/mol. The Morgan fingerprint density at radius 1 is 1.45 bits per heavy atom. The van der Waals surface area contributed by atoms with Crippen molar-refractivity contribution in [1.82, 2.24) is 10.3 Å². The van der Waals surface area contributed by atoms with Gasteiger partial charge in [-0.3, -0.25) is 9.59 Å². The number of pyridine rings is 1. The summed E-state index contributed by atoms with van der Waals surface area (Å²) in [5.41, 5.74) is 0.433. The second kappa shape index (κ2) is 6.22. The summed E-state index contributed by atoms with van der Waals surface area (Å²) in [6.45, 7) is 9.80. The summed E-state index contributed by atoms with van der Waals surface area (Å²) in [5, 5.41) is 12.9. The van der Waals surface area contributed by atoms with Crippen molar-refractivity contribution in [2.45, 2.75) is 40.7 Å².